The van der Waals surface area contributed by atoms with Gasteiger partial charge in [-0.15, -0.1) is 0 Å². The van der Waals surface area contributed by atoms with Crippen LogP contribution in [0.25, 0.3) is 105 Å². The van der Waals surface area contributed by atoms with Crippen LogP contribution in [0.2, 0.25) is 0 Å². The molecule has 0 aliphatic rings. The highest BCUT2D eigenvalue weighted by Gasteiger charge is 2.16. The van der Waals surface area contributed by atoms with E-state index in [-0.39, 0.29) is 0 Å². The third kappa shape index (κ3) is 5.19. The highest BCUT2D eigenvalue weighted by atomic mass is 15.0. The molecular formula is C51H32N4. The Hall–Kier alpha value is -7.43. The molecule has 0 radical (unpaired) electrons. The van der Waals surface area contributed by atoms with E-state index in [2.05, 4.69) is 187 Å². The van der Waals surface area contributed by atoms with Gasteiger partial charge in [-0.1, -0.05) is 146 Å². The molecule has 3 aromatic heterocycles. The molecule has 0 amide bonds. The molecule has 0 N–H and O–H groups in total. The Morgan fingerprint density at radius 1 is 0.364 bits per heavy atom. The molecule has 4 heteroatoms. The van der Waals surface area contributed by atoms with Crippen molar-refractivity contribution in [3.63, 3.8) is 0 Å². The molecule has 0 spiro atoms. The third-order valence-electron chi connectivity index (χ3n) is 10.9. The molecule has 0 saturated heterocycles. The van der Waals surface area contributed by atoms with E-state index in [0.29, 0.717) is 5.82 Å². The molecule has 0 fully saturated rings. The SMILES string of the molecule is c1cnc2c(-c3ccc(-c4nc(-c5ccc(-n6c7ccccc7c7ccccc76)cc5)cc(-c5cc6ccccc6c6ccccc56)n4)cc3)cccc2c1. The fourth-order valence-electron chi connectivity index (χ4n) is 8.25. The van der Waals surface area contributed by atoms with Gasteiger partial charge in [0.2, 0.25) is 0 Å². The van der Waals surface area contributed by atoms with Crippen molar-refractivity contribution in [3.05, 3.63) is 194 Å². The van der Waals surface area contributed by atoms with Crippen molar-refractivity contribution in [2.75, 3.05) is 0 Å². The van der Waals surface area contributed by atoms with Crippen molar-refractivity contribution < 1.29 is 0 Å². The van der Waals surface area contributed by atoms with Crippen molar-refractivity contribution in [3.8, 4) is 50.7 Å². The van der Waals surface area contributed by atoms with E-state index in [1.807, 2.05) is 12.3 Å². The number of hydrogen-bond acceptors (Lipinski definition) is 3. The Kier molecular flexibility index (Phi) is 7.14. The Balaban J connectivity index is 1.08. The molecule has 11 rings (SSSR count). The summed E-state index contributed by atoms with van der Waals surface area (Å²) in [5.74, 6) is 0.679. The van der Waals surface area contributed by atoms with E-state index in [9.17, 15) is 0 Å². The second-order valence-electron chi connectivity index (χ2n) is 14.0. The van der Waals surface area contributed by atoms with Gasteiger partial charge in [-0.2, -0.15) is 0 Å². The topological polar surface area (TPSA) is 43.6 Å². The summed E-state index contributed by atoms with van der Waals surface area (Å²) in [6, 6.07) is 66.6. The number of hydrogen-bond donors (Lipinski definition) is 0. The van der Waals surface area contributed by atoms with Crippen LogP contribution in [-0.2, 0) is 0 Å². The molecule has 0 saturated carbocycles. The van der Waals surface area contributed by atoms with Crippen LogP contribution >= 0.6 is 0 Å². The summed E-state index contributed by atoms with van der Waals surface area (Å²) in [7, 11) is 0. The van der Waals surface area contributed by atoms with Gasteiger partial charge in [0, 0.05) is 50.3 Å². The standard InChI is InChI=1S/C51H32N4/c1-2-14-39-37(11-1)31-45(42-16-4-3-15-41(39)42)47-32-46(34-26-28-38(29-27-34)55-48-20-7-5-17-43(48)44-18-6-8-21-49(44)55)53-51(54-47)36-24-22-33(23-25-36)40-19-9-12-35-13-10-30-52-50(35)40/h1-32H. The molecule has 0 aliphatic carbocycles. The van der Waals surface area contributed by atoms with Crippen molar-refractivity contribution in [2.24, 2.45) is 0 Å². The summed E-state index contributed by atoms with van der Waals surface area (Å²) in [6.07, 6.45) is 1.85. The monoisotopic (exact) mass is 700 g/mol. The summed E-state index contributed by atoms with van der Waals surface area (Å²) in [6.45, 7) is 0. The maximum absolute atomic E-state index is 5.31. The molecule has 0 atom stereocenters. The molecule has 0 aliphatic heterocycles. The molecule has 55 heavy (non-hydrogen) atoms. The van der Waals surface area contributed by atoms with Gasteiger partial charge in [0.25, 0.3) is 0 Å². The molecule has 4 nitrogen and oxygen atoms in total. The maximum Gasteiger partial charge on any atom is 0.160 e. The molecule has 3 heterocycles. The molecule has 0 bridgehead atoms. The van der Waals surface area contributed by atoms with Gasteiger partial charge >= 0.3 is 0 Å². The van der Waals surface area contributed by atoms with Crippen LogP contribution in [0, 0.1) is 0 Å². The zero-order valence-electron chi connectivity index (χ0n) is 29.8. The first kappa shape index (κ1) is 31.1. The van der Waals surface area contributed by atoms with Crippen LogP contribution in [0.4, 0.5) is 0 Å². The van der Waals surface area contributed by atoms with Crippen molar-refractivity contribution >= 4 is 54.3 Å². The summed E-state index contributed by atoms with van der Waals surface area (Å²) in [5, 5.41) is 8.40. The first-order chi connectivity index (χ1) is 27.3. The predicted molar refractivity (Wildman–Crippen MR) is 228 cm³/mol. The lowest BCUT2D eigenvalue weighted by Gasteiger charge is -2.14. The van der Waals surface area contributed by atoms with E-state index >= 15 is 0 Å². The largest absolute Gasteiger partial charge is 0.309 e. The molecule has 256 valence electrons. The van der Waals surface area contributed by atoms with Gasteiger partial charge in [-0.25, -0.2) is 9.97 Å². The van der Waals surface area contributed by atoms with E-state index in [4.69, 9.17) is 15.0 Å². The van der Waals surface area contributed by atoms with Crippen molar-refractivity contribution in [1.82, 2.24) is 19.5 Å². The summed E-state index contributed by atoms with van der Waals surface area (Å²) in [5.41, 5.74) is 11.5. The second-order valence-corrected chi connectivity index (χ2v) is 14.0. The van der Waals surface area contributed by atoms with Gasteiger partial charge < -0.3 is 4.57 Å². The van der Waals surface area contributed by atoms with Gasteiger partial charge in [0.05, 0.1) is 27.9 Å². The van der Waals surface area contributed by atoms with E-state index < -0.39 is 0 Å². The van der Waals surface area contributed by atoms with Crippen LogP contribution in [0.15, 0.2) is 194 Å². The smallest absolute Gasteiger partial charge is 0.160 e. The second kappa shape index (κ2) is 12.6. The minimum Gasteiger partial charge on any atom is -0.309 e. The lowest BCUT2D eigenvalue weighted by molar-refractivity contribution is 1.17. The number of fused-ring (bicyclic) bond motifs is 7. The Bertz CT molecular complexity index is 3190. The first-order valence-electron chi connectivity index (χ1n) is 18.6. The first-order valence-corrected chi connectivity index (χ1v) is 18.6. The third-order valence-corrected chi connectivity index (χ3v) is 10.9. The molecule has 11 aromatic rings. The van der Waals surface area contributed by atoms with Crippen molar-refractivity contribution in [2.45, 2.75) is 0 Å². The average molecular weight is 701 g/mol. The fraction of sp³-hybridized carbons (Fsp3) is 0. The number of rotatable bonds is 5. The van der Waals surface area contributed by atoms with Crippen LogP contribution in [0.1, 0.15) is 0 Å². The fourth-order valence-corrected chi connectivity index (χ4v) is 8.25. The molecule has 0 unspecified atom stereocenters. The minimum atomic E-state index is 0.679. The quantitative estimate of drug-likeness (QED) is 0.168. The summed E-state index contributed by atoms with van der Waals surface area (Å²) >= 11 is 0. The normalized spacial score (nSPS) is 11.6. The number of nitrogens with zero attached hydrogens (tertiary/aromatic N) is 4. The number of aromatic nitrogens is 4. The summed E-state index contributed by atoms with van der Waals surface area (Å²) < 4.78 is 2.35. The summed E-state index contributed by atoms with van der Waals surface area (Å²) in [4.78, 5) is 15.3. The van der Waals surface area contributed by atoms with Gasteiger partial charge in [-0.3, -0.25) is 4.98 Å². The van der Waals surface area contributed by atoms with Crippen molar-refractivity contribution in [1.29, 1.82) is 0 Å². The van der Waals surface area contributed by atoms with Gasteiger partial charge in [0.15, 0.2) is 5.82 Å². The highest BCUT2D eigenvalue weighted by Crippen LogP contribution is 2.38. The van der Waals surface area contributed by atoms with Crippen LogP contribution in [-0.4, -0.2) is 19.5 Å². The molecule has 8 aromatic carbocycles. The minimum absolute atomic E-state index is 0.679. The Morgan fingerprint density at radius 2 is 0.945 bits per heavy atom. The lowest BCUT2D eigenvalue weighted by Crippen LogP contribution is -1.98. The average Bonchev–Trinajstić information content (AvgIpc) is 3.60. The van der Waals surface area contributed by atoms with Crippen LogP contribution < -0.4 is 0 Å². The van der Waals surface area contributed by atoms with E-state index in [0.717, 1.165) is 61.2 Å². The van der Waals surface area contributed by atoms with Gasteiger partial charge in [0.1, 0.15) is 0 Å². The Labute approximate surface area is 317 Å². The zero-order valence-corrected chi connectivity index (χ0v) is 29.8. The van der Waals surface area contributed by atoms with E-state index in [1.54, 1.807) is 0 Å². The Morgan fingerprint density at radius 3 is 1.71 bits per heavy atom. The van der Waals surface area contributed by atoms with Crippen LogP contribution in [0.3, 0.4) is 0 Å². The number of pyridine rings is 1. The lowest BCUT2D eigenvalue weighted by atomic mass is 9.95. The highest BCUT2D eigenvalue weighted by molar-refractivity contribution is 6.13. The maximum atomic E-state index is 5.31. The van der Waals surface area contributed by atoms with E-state index in [1.165, 1.54) is 38.0 Å². The number of para-hydroxylation sites is 3. The van der Waals surface area contributed by atoms with Crippen LogP contribution in [0.5, 0.6) is 0 Å². The van der Waals surface area contributed by atoms with Gasteiger partial charge in [-0.05, 0) is 69.6 Å². The molecular weight excluding hydrogens is 669 g/mol. The predicted octanol–water partition coefficient (Wildman–Crippen LogP) is 13.1. The number of benzene rings is 8. The zero-order chi connectivity index (χ0) is 36.3.